The van der Waals surface area contributed by atoms with Gasteiger partial charge in [-0.25, -0.2) is 0 Å². The van der Waals surface area contributed by atoms with Crippen molar-refractivity contribution < 1.29 is 0 Å². The van der Waals surface area contributed by atoms with Crippen molar-refractivity contribution in [3.8, 4) is 12.3 Å². The first kappa shape index (κ1) is 6.73. The van der Waals surface area contributed by atoms with Gasteiger partial charge in [0.25, 0.3) is 0 Å². The Balaban J connectivity index is 2.41. The highest BCUT2D eigenvalue weighted by Gasteiger charge is 1.88. The molecule has 1 rings (SSSR count). The van der Waals surface area contributed by atoms with Gasteiger partial charge in [0, 0.05) is 10.3 Å². The summed E-state index contributed by atoms with van der Waals surface area (Å²) in [5.74, 6) is 3.35. The Labute approximate surface area is 63.3 Å². The zero-order valence-electron chi connectivity index (χ0n) is 4.83. The van der Waals surface area contributed by atoms with E-state index in [1.165, 1.54) is 4.90 Å². The van der Waals surface area contributed by atoms with Crippen molar-refractivity contribution in [1.29, 1.82) is 0 Å². The molecule has 0 saturated heterocycles. The van der Waals surface area contributed by atoms with Crippen molar-refractivity contribution in [2.75, 3.05) is 5.75 Å². The summed E-state index contributed by atoms with van der Waals surface area (Å²) in [6.45, 7) is 0. The van der Waals surface area contributed by atoms with Crippen LogP contribution < -0.4 is 0 Å². The lowest BCUT2D eigenvalue weighted by molar-refractivity contribution is 1.59. The first-order chi connectivity index (χ1) is 4.43. The van der Waals surface area contributed by atoms with Crippen LogP contribution in [0.15, 0.2) is 21.7 Å². The fraction of sp³-hybridized carbons (Fsp3) is 0.143. The van der Waals surface area contributed by atoms with Crippen molar-refractivity contribution in [3.63, 3.8) is 0 Å². The molecule has 1 aromatic heterocycles. The summed E-state index contributed by atoms with van der Waals surface area (Å²) in [5, 5.41) is 4.15. The largest absolute Gasteiger partial charge is 0.151 e. The SMILES string of the molecule is C#CCSc1ccsc1. The average molecular weight is 154 g/mol. The van der Waals surface area contributed by atoms with E-state index < -0.39 is 0 Å². The highest BCUT2D eigenvalue weighted by Crippen LogP contribution is 2.19. The number of rotatable bonds is 2. The summed E-state index contributed by atoms with van der Waals surface area (Å²) in [4.78, 5) is 1.28. The summed E-state index contributed by atoms with van der Waals surface area (Å²) in [6, 6.07) is 2.08. The maximum atomic E-state index is 5.08. The van der Waals surface area contributed by atoms with Gasteiger partial charge in [-0.1, -0.05) is 5.92 Å². The van der Waals surface area contributed by atoms with Gasteiger partial charge in [-0.15, -0.1) is 18.2 Å². The van der Waals surface area contributed by atoms with Crippen LogP contribution in [0.3, 0.4) is 0 Å². The number of thioether (sulfide) groups is 1. The normalized spacial score (nSPS) is 8.78. The molecule has 0 aliphatic heterocycles. The van der Waals surface area contributed by atoms with Gasteiger partial charge in [-0.05, 0) is 11.4 Å². The number of hydrogen-bond acceptors (Lipinski definition) is 2. The minimum Gasteiger partial charge on any atom is -0.151 e. The number of hydrogen-bond donors (Lipinski definition) is 0. The van der Waals surface area contributed by atoms with Crippen molar-refractivity contribution in [3.05, 3.63) is 16.8 Å². The minimum absolute atomic E-state index is 0.775. The molecule has 46 valence electrons. The molecule has 0 atom stereocenters. The monoisotopic (exact) mass is 154 g/mol. The van der Waals surface area contributed by atoms with E-state index in [9.17, 15) is 0 Å². The molecule has 2 heteroatoms. The molecular formula is C7H6S2. The minimum atomic E-state index is 0.775. The molecule has 0 spiro atoms. The molecule has 0 aromatic carbocycles. The molecule has 0 N–H and O–H groups in total. The Morgan fingerprint density at radius 3 is 3.22 bits per heavy atom. The molecule has 9 heavy (non-hydrogen) atoms. The standard InChI is InChI=1S/C7H6S2/c1-2-4-9-7-3-5-8-6-7/h1,3,5-6H,4H2. The van der Waals surface area contributed by atoms with Crippen LogP contribution in [0.25, 0.3) is 0 Å². The molecular weight excluding hydrogens is 148 g/mol. The molecule has 0 bridgehead atoms. The van der Waals surface area contributed by atoms with Gasteiger partial charge >= 0.3 is 0 Å². The highest BCUT2D eigenvalue weighted by atomic mass is 32.2. The van der Waals surface area contributed by atoms with E-state index in [1.54, 1.807) is 23.1 Å². The quantitative estimate of drug-likeness (QED) is 0.466. The first-order valence-corrected chi connectivity index (χ1v) is 4.45. The van der Waals surface area contributed by atoms with Gasteiger partial charge in [0.15, 0.2) is 0 Å². The zero-order valence-corrected chi connectivity index (χ0v) is 6.47. The summed E-state index contributed by atoms with van der Waals surface area (Å²) in [6.07, 6.45) is 5.08. The summed E-state index contributed by atoms with van der Waals surface area (Å²) >= 11 is 3.40. The van der Waals surface area contributed by atoms with Gasteiger partial charge in [0.05, 0.1) is 5.75 Å². The van der Waals surface area contributed by atoms with E-state index in [1.807, 2.05) is 0 Å². The Hall–Kier alpha value is -0.390. The Morgan fingerprint density at radius 2 is 2.67 bits per heavy atom. The molecule has 1 aromatic rings. The third kappa shape index (κ3) is 2.13. The summed E-state index contributed by atoms with van der Waals surface area (Å²) in [7, 11) is 0. The molecule has 0 nitrogen and oxygen atoms in total. The van der Waals surface area contributed by atoms with Crippen LogP contribution in [0.5, 0.6) is 0 Å². The van der Waals surface area contributed by atoms with Crippen LogP contribution in [-0.4, -0.2) is 5.75 Å². The predicted octanol–water partition coefficient (Wildman–Crippen LogP) is 2.47. The molecule has 0 saturated carbocycles. The van der Waals surface area contributed by atoms with E-state index in [0.29, 0.717) is 0 Å². The van der Waals surface area contributed by atoms with Gasteiger partial charge in [0.2, 0.25) is 0 Å². The third-order valence-corrected chi connectivity index (χ3v) is 2.55. The van der Waals surface area contributed by atoms with Crippen LogP contribution in [0, 0.1) is 12.3 Å². The van der Waals surface area contributed by atoms with Crippen molar-refractivity contribution in [1.82, 2.24) is 0 Å². The predicted molar refractivity (Wildman–Crippen MR) is 43.9 cm³/mol. The second-order valence-electron chi connectivity index (χ2n) is 1.45. The fourth-order valence-corrected chi connectivity index (χ4v) is 1.91. The van der Waals surface area contributed by atoms with E-state index in [4.69, 9.17) is 6.42 Å². The molecule has 0 unspecified atom stereocenters. The van der Waals surface area contributed by atoms with Crippen LogP contribution in [0.4, 0.5) is 0 Å². The second kappa shape index (κ2) is 3.60. The van der Waals surface area contributed by atoms with E-state index >= 15 is 0 Å². The van der Waals surface area contributed by atoms with Gasteiger partial charge in [-0.2, -0.15) is 11.3 Å². The van der Waals surface area contributed by atoms with E-state index in [2.05, 4.69) is 22.7 Å². The summed E-state index contributed by atoms with van der Waals surface area (Å²) < 4.78 is 0. The maximum Gasteiger partial charge on any atom is 0.0592 e. The summed E-state index contributed by atoms with van der Waals surface area (Å²) in [5.41, 5.74) is 0. The fourth-order valence-electron chi connectivity index (χ4n) is 0.459. The van der Waals surface area contributed by atoms with Crippen LogP contribution in [0.1, 0.15) is 0 Å². The van der Waals surface area contributed by atoms with Gasteiger partial charge in [-0.3, -0.25) is 0 Å². The lowest BCUT2D eigenvalue weighted by Crippen LogP contribution is -1.66. The van der Waals surface area contributed by atoms with E-state index in [-0.39, 0.29) is 0 Å². The molecule has 0 fully saturated rings. The second-order valence-corrected chi connectivity index (χ2v) is 3.28. The highest BCUT2D eigenvalue weighted by molar-refractivity contribution is 7.99. The topological polar surface area (TPSA) is 0 Å². The molecule has 0 aliphatic carbocycles. The number of terminal acetylenes is 1. The molecule has 0 amide bonds. The van der Waals surface area contributed by atoms with E-state index in [0.717, 1.165) is 5.75 Å². The van der Waals surface area contributed by atoms with Crippen LogP contribution >= 0.6 is 23.1 Å². The Kier molecular flexibility index (Phi) is 2.69. The lowest BCUT2D eigenvalue weighted by atomic mass is 10.7. The zero-order chi connectivity index (χ0) is 6.53. The third-order valence-electron chi connectivity index (χ3n) is 0.817. The van der Waals surface area contributed by atoms with Crippen molar-refractivity contribution >= 4 is 23.1 Å². The van der Waals surface area contributed by atoms with Gasteiger partial charge in [0.1, 0.15) is 0 Å². The average Bonchev–Trinajstić information content (AvgIpc) is 2.34. The van der Waals surface area contributed by atoms with Crippen molar-refractivity contribution in [2.45, 2.75) is 4.90 Å². The molecule has 0 aliphatic rings. The molecule has 0 radical (unpaired) electrons. The van der Waals surface area contributed by atoms with Gasteiger partial charge < -0.3 is 0 Å². The maximum absolute atomic E-state index is 5.08. The van der Waals surface area contributed by atoms with Crippen LogP contribution in [-0.2, 0) is 0 Å². The Bertz CT molecular complexity index is 193. The number of thiophene rings is 1. The van der Waals surface area contributed by atoms with Crippen LogP contribution in [0.2, 0.25) is 0 Å². The lowest BCUT2D eigenvalue weighted by Gasteiger charge is -1.86. The Morgan fingerprint density at radius 1 is 1.78 bits per heavy atom. The molecule has 1 heterocycles. The smallest absolute Gasteiger partial charge is 0.0592 e. The first-order valence-electron chi connectivity index (χ1n) is 2.52. The van der Waals surface area contributed by atoms with Crippen molar-refractivity contribution in [2.24, 2.45) is 0 Å².